The Morgan fingerprint density at radius 3 is 2.57 bits per heavy atom. The number of fused-ring (bicyclic) bond motifs is 1. The Labute approximate surface area is 182 Å². The molecule has 0 atom stereocenters. The third-order valence-electron chi connectivity index (χ3n) is 5.68. The van der Waals surface area contributed by atoms with Gasteiger partial charge in [-0.15, -0.1) is 0 Å². The van der Waals surface area contributed by atoms with Gasteiger partial charge in [0.05, 0.1) is 19.0 Å². The summed E-state index contributed by atoms with van der Waals surface area (Å²) in [7, 11) is 0. The van der Waals surface area contributed by atoms with E-state index >= 15 is 0 Å². The summed E-state index contributed by atoms with van der Waals surface area (Å²) in [4.78, 5) is 17.7. The molecule has 0 aliphatic carbocycles. The maximum Gasteiger partial charge on any atom is 0.178 e. The van der Waals surface area contributed by atoms with Gasteiger partial charge in [0.25, 0.3) is 0 Å². The number of halogens is 1. The molecule has 0 N–H and O–H groups in total. The predicted molar refractivity (Wildman–Crippen MR) is 120 cm³/mol. The standard InChI is InChI=1S/C24H25ClN4O/c25-20-6-3-5-19(15-20)16-27-11-13-28(14-12-27)18-24(30)22-17-29(10-4-9-26)23-8-2-1-7-21(22)23/h1-3,5-8,15,17H,4,10-14,16,18H2. The van der Waals surface area contributed by atoms with Gasteiger partial charge in [-0.25, -0.2) is 0 Å². The summed E-state index contributed by atoms with van der Waals surface area (Å²) in [6.07, 6.45) is 2.35. The topological polar surface area (TPSA) is 52.3 Å². The van der Waals surface area contributed by atoms with Crippen LogP contribution in [0.3, 0.4) is 0 Å². The lowest BCUT2D eigenvalue weighted by Crippen LogP contribution is -2.47. The second-order valence-electron chi connectivity index (χ2n) is 7.77. The lowest BCUT2D eigenvalue weighted by molar-refractivity contribution is 0.0845. The van der Waals surface area contributed by atoms with Crippen LogP contribution in [0.5, 0.6) is 0 Å². The number of Topliss-reactive ketones (excluding diaryl/α,β-unsaturated/α-hetero) is 1. The predicted octanol–water partition coefficient (Wildman–Crippen LogP) is 4.21. The fourth-order valence-corrected chi connectivity index (χ4v) is 4.32. The Morgan fingerprint density at radius 2 is 1.80 bits per heavy atom. The molecular formula is C24H25ClN4O. The molecule has 154 valence electrons. The number of hydrogen-bond acceptors (Lipinski definition) is 4. The van der Waals surface area contributed by atoms with E-state index in [2.05, 4.69) is 21.9 Å². The first-order chi connectivity index (χ1) is 14.6. The third kappa shape index (κ3) is 4.73. The molecule has 0 amide bonds. The quantitative estimate of drug-likeness (QED) is 0.537. The van der Waals surface area contributed by atoms with Crippen LogP contribution < -0.4 is 0 Å². The van der Waals surface area contributed by atoms with Gasteiger partial charge in [0.1, 0.15) is 0 Å². The summed E-state index contributed by atoms with van der Waals surface area (Å²) in [5, 5.41) is 10.7. The van der Waals surface area contributed by atoms with Crippen molar-refractivity contribution < 1.29 is 4.79 Å². The highest BCUT2D eigenvalue weighted by Gasteiger charge is 2.22. The van der Waals surface area contributed by atoms with Gasteiger partial charge in [-0.1, -0.05) is 41.9 Å². The summed E-state index contributed by atoms with van der Waals surface area (Å²) >= 11 is 6.09. The number of benzene rings is 2. The molecule has 0 saturated carbocycles. The van der Waals surface area contributed by atoms with Crippen LogP contribution in [0.4, 0.5) is 0 Å². The Kier molecular flexibility index (Phi) is 6.49. The molecule has 0 unspecified atom stereocenters. The molecule has 6 heteroatoms. The molecule has 1 fully saturated rings. The zero-order chi connectivity index (χ0) is 20.9. The molecular weight excluding hydrogens is 396 g/mol. The van der Waals surface area contributed by atoms with E-state index < -0.39 is 0 Å². The van der Waals surface area contributed by atoms with Gasteiger partial charge in [0, 0.05) is 67.0 Å². The van der Waals surface area contributed by atoms with E-state index in [1.165, 1.54) is 5.56 Å². The number of para-hydroxylation sites is 1. The number of hydrogen-bond donors (Lipinski definition) is 0. The van der Waals surface area contributed by atoms with Crippen molar-refractivity contribution in [2.24, 2.45) is 0 Å². The second-order valence-corrected chi connectivity index (χ2v) is 8.20. The summed E-state index contributed by atoms with van der Waals surface area (Å²) in [5.41, 5.74) is 2.99. The molecule has 1 aliphatic rings. The van der Waals surface area contributed by atoms with Crippen LogP contribution in [0.25, 0.3) is 10.9 Å². The minimum Gasteiger partial charge on any atom is -0.346 e. The van der Waals surface area contributed by atoms with Crippen molar-refractivity contribution in [1.82, 2.24) is 14.4 Å². The fraction of sp³-hybridized carbons (Fsp3) is 0.333. The third-order valence-corrected chi connectivity index (χ3v) is 5.92. The summed E-state index contributed by atoms with van der Waals surface area (Å²) in [5.74, 6) is 0.144. The number of piperazine rings is 1. The largest absolute Gasteiger partial charge is 0.346 e. The van der Waals surface area contributed by atoms with E-state index in [-0.39, 0.29) is 5.78 Å². The van der Waals surface area contributed by atoms with Gasteiger partial charge in [0.2, 0.25) is 0 Å². The molecule has 1 saturated heterocycles. The van der Waals surface area contributed by atoms with E-state index in [1.807, 2.05) is 53.2 Å². The van der Waals surface area contributed by atoms with Gasteiger partial charge in [-0.3, -0.25) is 14.6 Å². The number of aryl methyl sites for hydroxylation is 1. The molecule has 0 radical (unpaired) electrons. The average Bonchev–Trinajstić information content (AvgIpc) is 3.13. The number of carbonyl (C=O) groups excluding carboxylic acids is 1. The molecule has 0 bridgehead atoms. The van der Waals surface area contributed by atoms with Crippen molar-refractivity contribution in [1.29, 1.82) is 5.26 Å². The molecule has 2 aromatic carbocycles. The summed E-state index contributed by atoms with van der Waals surface area (Å²) < 4.78 is 2.02. The Hall–Kier alpha value is -2.65. The molecule has 1 aliphatic heterocycles. The first-order valence-electron chi connectivity index (χ1n) is 10.3. The molecule has 4 rings (SSSR count). The first kappa shape index (κ1) is 20.6. The van der Waals surface area contributed by atoms with Crippen LogP contribution in [-0.4, -0.2) is 52.9 Å². The minimum absolute atomic E-state index is 0.144. The zero-order valence-electron chi connectivity index (χ0n) is 16.9. The van der Waals surface area contributed by atoms with E-state index in [0.29, 0.717) is 19.5 Å². The van der Waals surface area contributed by atoms with E-state index in [0.717, 1.165) is 54.2 Å². The number of carbonyl (C=O) groups is 1. The van der Waals surface area contributed by atoms with Crippen LogP contribution in [0.15, 0.2) is 54.7 Å². The van der Waals surface area contributed by atoms with Crippen LogP contribution in [0, 0.1) is 11.3 Å². The van der Waals surface area contributed by atoms with Gasteiger partial charge >= 0.3 is 0 Å². The summed E-state index contributed by atoms with van der Waals surface area (Å²) in [6.45, 7) is 5.53. The minimum atomic E-state index is 0.144. The lowest BCUT2D eigenvalue weighted by Gasteiger charge is -2.34. The van der Waals surface area contributed by atoms with Gasteiger partial charge in [0.15, 0.2) is 5.78 Å². The molecule has 2 heterocycles. The highest BCUT2D eigenvalue weighted by molar-refractivity contribution is 6.30. The van der Waals surface area contributed by atoms with Crippen molar-refractivity contribution >= 4 is 28.3 Å². The van der Waals surface area contributed by atoms with Gasteiger partial charge in [-0.2, -0.15) is 5.26 Å². The fourth-order valence-electron chi connectivity index (χ4n) is 4.11. The van der Waals surface area contributed by atoms with Crippen molar-refractivity contribution in [3.63, 3.8) is 0 Å². The highest BCUT2D eigenvalue weighted by Crippen LogP contribution is 2.23. The molecule has 0 spiro atoms. The second kappa shape index (κ2) is 9.44. The number of aromatic nitrogens is 1. The monoisotopic (exact) mass is 420 g/mol. The number of ketones is 1. The molecule has 1 aromatic heterocycles. The van der Waals surface area contributed by atoms with E-state index in [1.54, 1.807) is 0 Å². The summed E-state index contributed by atoms with van der Waals surface area (Å²) in [6, 6.07) is 18.1. The Morgan fingerprint density at radius 1 is 1.03 bits per heavy atom. The average molecular weight is 421 g/mol. The van der Waals surface area contributed by atoms with Gasteiger partial charge in [-0.05, 0) is 23.8 Å². The van der Waals surface area contributed by atoms with E-state index in [9.17, 15) is 4.79 Å². The zero-order valence-corrected chi connectivity index (χ0v) is 17.7. The smallest absolute Gasteiger partial charge is 0.178 e. The van der Waals surface area contributed by atoms with Crippen LogP contribution >= 0.6 is 11.6 Å². The number of rotatable bonds is 7. The molecule has 5 nitrogen and oxygen atoms in total. The molecule has 3 aromatic rings. The SMILES string of the molecule is N#CCCn1cc(C(=O)CN2CCN(Cc3cccc(Cl)c3)CC2)c2ccccc21. The maximum atomic E-state index is 13.1. The van der Waals surface area contributed by atoms with Crippen LogP contribution in [0.2, 0.25) is 5.02 Å². The Balaban J connectivity index is 1.38. The van der Waals surface area contributed by atoms with Crippen molar-refractivity contribution in [2.45, 2.75) is 19.5 Å². The van der Waals surface area contributed by atoms with E-state index in [4.69, 9.17) is 16.9 Å². The molecule has 30 heavy (non-hydrogen) atoms. The van der Waals surface area contributed by atoms with Crippen molar-refractivity contribution in [2.75, 3.05) is 32.7 Å². The van der Waals surface area contributed by atoms with Gasteiger partial charge < -0.3 is 4.57 Å². The normalized spacial score (nSPS) is 15.3. The van der Waals surface area contributed by atoms with Crippen LogP contribution in [-0.2, 0) is 13.1 Å². The van der Waals surface area contributed by atoms with Crippen molar-refractivity contribution in [3.05, 3.63) is 70.9 Å². The number of nitriles is 1. The first-order valence-corrected chi connectivity index (χ1v) is 10.7. The van der Waals surface area contributed by atoms with Crippen molar-refractivity contribution in [3.8, 4) is 6.07 Å². The lowest BCUT2D eigenvalue weighted by atomic mass is 10.1. The number of nitrogens with zero attached hydrogens (tertiary/aromatic N) is 4. The highest BCUT2D eigenvalue weighted by atomic mass is 35.5. The Bertz CT molecular complexity index is 1080. The maximum absolute atomic E-state index is 13.1. The van der Waals surface area contributed by atoms with Crippen LogP contribution in [0.1, 0.15) is 22.3 Å².